The zero-order valence-electron chi connectivity index (χ0n) is 12.9. The molecule has 3 rings (SSSR count). The molecule has 0 saturated heterocycles. The molecular weight excluding hydrogens is 350 g/mol. The second kappa shape index (κ2) is 6.64. The minimum atomic E-state index is -4.64. The number of carbonyl (C=O) groups excluding carboxylic acids is 1. The Morgan fingerprint density at radius 3 is 2.44 bits per heavy atom. The quantitative estimate of drug-likeness (QED) is 0.729. The molecule has 0 radical (unpaired) electrons. The van der Waals surface area contributed by atoms with Gasteiger partial charge in [0.1, 0.15) is 0 Å². The fourth-order valence-corrected chi connectivity index (χ4v) is 3.21. The number of alkyl halides is 2. The number of benzene rings is 2. The summed E-state index contributed by atoms with van der Waals surface area (Å²) in [5, 5.41) is 3.56. The first-order valence-electron chi connectivity index (χ1n) is 7.35. The SMILES string of the molecule is O=C(Cc1c[nH]c2ccccc12)Nc1ccc(S(=O)(=O)C(F)F)cc1. The van der Waals surface area contributed by atoms with Crippen LogP contribution in [0.25, 0.3) is 10.9 Å². The van der Waals surface area contributed by atoms with Gasteiger partial charge in [0.05, 0.1) is 11.3 Å². The number of amides is 1. The van der Waals surface area contributed by atoms with E-state index < -0.39 is 20.5 Å². The van der Waals surface area contributed by atoms with E-state index in [1.54, 1.807) is 6.20 Å². The minimum absolute atomic E-state index is 0.126. The van der Waals surface area contributed by atoms with E-state index in [1.807, 2.05) is 24.3 Å². The van der Waals surface area contributed by atoms with Gasteiger partial charge in [-0.2, -0.15) is 8.78 Å². The fourth-order valence-electron chi connectivity index (χ4n) is 2.49. The van der Waals surface area contributed by atoms with Crippen molar-refractivity contribution in [2.24, 2.45) is 0 Å². The largest absolute Gasteiger partial charge is 0.361 e. The van der Waals surface area contributed by atoms with E-state index >= 15 is 0 Å². The van der Waals surface area contributed by atoms with Gasteiger partial charge in [0.15, 0.2) is 0 Å². The average Bonchev–Trinajstić information content (AvgIpc) is 2.98. The smallest absolute Gasteiger partial charge is 0.341 e. The van der Waals surface area contributed by atoms with Crippen LogP contribution in [0.5, 0.6) is 0 Å². The van der Waals surface area contributed by atoms with Crippen LogP contribution >= 0.6 is 0 Å². The molecule has 1 heterocycles. The summed E-state index contributed by atoms with van der Waals surface area (Å²) in [7, 11) is -4.64. The van der Waals surface area contributed by atoms with E-state index in [2.05, 4.69) is 10.3 Å². The van der Waals surface area contributed by atoms with E-state index in [-0.39, 0.29) is 12.3 Å². The van der Waals surface area contributed by atoms with Crippen molar-refractivity contribution in [3.8, 4) is 0 Å². The summed E-state index contributed by atoms with van der Waals surface area (Å²) in [6, 6.07) is 12.2. The van der Waals surface area contributed by atoms with Gasteiger partial charge in [0, 0.05) is 22.8 Å². The predicted molar refractivity (Wildman–Crippen MR) is 90.3 cm³/mol. The number of aromatic nitrogens is 1. The number of aromatic amines is 1. The first-order valence-corrected chi connectivity index (χ1v) is 8.89. The second-order valence-corrected chi connectivity index (χ2v) is 7.33. The number of nitrogens with one attached hydrogen (secondary N) is 2. The molecule has 0 aliphatic rings. The predicted octanol–water partition coefficient (Wildman–Crippen LogP) is 3.35. The van der Waals surface area contributed by atoms with Crippen molar-refractivity contribution in [1.82, 2.24) is 4.98 Å². The summed E-state index contributed by atoms with van der Waals surface area (Å²) in [5.41, 5.74) is 2.08. The summed E-state index contributed by atoms with van der Waals surface area (Å²) >= 11 is 0. The molecule has 1 aromatic heterocycles. The van der Waals surface area contributed by atoms with Crippen molar-refractivity contribution in [2.45, 2.75) is 17.1 Å². The molecule has 2 aromatic carbocycles. The zero-order chi connectivity index (χ0) is 18.0. The van der Waals surface area contributed by atoms with Crippen LogP contribution in [0.1, 0.15) is 5.56 Å². The molecular formula is C17H14F2N2O3S. The number of carbonyl (C=O) groups is 1. The van der Waals surface area contributed by atoms with Gasteiger partial charge in [-0.05, 0) is 35.9 Å². The maximum Gasteiger partial charge on any atom is 0.341 e. The molecule has 8 heteroatoms. The van der Waals surface area contributed by atoms with Crippen LogP contribution < -0.4 is 5.32 Å². The molecule has 5 nitrogen and oxygen atoms in total. The number of hydrogen-bond acceptors (Lipinski definition) is 3. The Bertz CT molecular complexity index is 1010. The first kappa shape index (κ1) is 17.1. The van der Waals surface area contributed by atoms with Gasteiger partial charge in [0.25, 0.3) is 0 Å². The normalized spacial score (nSPS) is 11.8. The molecule has 0 aliphatic carbocycles. The second-order valence-electron chi connectivity index (χ2n) is 5.41. The van der Waals surface area contributed by atoms with Crippen LogP contribution in [-0.2, 0) is 21.1 Å². The lowest BCUT2D eigenvalue weighted by molar-refractivity contribution is -0.115. The summed E-state index contributed by atoms with van der Waals surface area (Å²) in [4.78, 5) is 14.7. The molecule has 25 heavy (non-hydrogen) atoms. The van der Waals surface area contributed by atoms with Gasteiger partial charge in [-0.3, -0.25) is 4.79 Å². The highest BCUT2D eigenvalue weighted by Gasteiger charge is 2.26. The van der Waals surface area contributed by atoms with Crippen LogP contribution in [0.3, 0.4) is 0 Å². The number of anilines is 1. The molecule has 0 saturated carbocycles. The number of para-hydroxylation sites is 1. The Labute approximate surface area is 142 Å². The highest BCUT2D eigenvalue weighted by Crippen LogP contribution is 2.21. The Kier molecular flexibility index (Phi) is 4.54. The van der Waals surface area contributed by atoms with E-state index in [1.165, 1.54) is 12.1 Å². The highest BCUT2D eigenvalue weighted by molar-refractivity contribution is 7.91. The van der Waals surface area contributed by atoms with Crippen molar-refractivity contribution in [1.29, 1.82) is 0 Å². The fraction of sp³-hybridized carbons (Fsp3) is 0.118. The number of H-pyrrole nitrogens is 1. The highest BCUT2D eigenvalue weighted by atomic mass is 32.2. The molecule has 0 unspecified atom stereocenters. The molecule has 0 bridgehead atoms. The Morgan fingerprint density at radius 2 is 1.76 bits per heavy atom. The topological polar surface area (TPSA) is 79.0 Å². The Hall–Kier alpha value is -2.74. The van der Waals surface area contributed by atoms with Gasteiger partial charge in [-0.25, -0.2) is 8.42 Å². The van der Waals surface area contributed by atoms with Crippen molar-refractivity contribution >= 4 is 32.3 Å². The van der Waals surface area contributed by atoms with Crippen molar-refractivity contribution < 1.29 is 22.0 Å². The maximum absolute atomic E-state index is 12.5. The molecule has 0 fully saturated rings. The first-order chi connectivity index (χ1) is 11.9. The van der Waals surface area contributed by atoms with Crippen LogP contribution in [0.15, 0.2) is 59.6 Å². The molecule has 0 spiro atoms. The summed E-state index contributed by atoms with van der Waals surface area (Å²) in [6.45, 7) is 0. The van der Waals surface area contributed by atoms with Gasteiger partial charge < -0.3 is 10.3 Å². The van der Waals surface area contributed by atoms with E-state index in [9.17, 15) is 22.0 Å². The van der Waals surface area contributed by atoms with Crippen molar-refractivity contribution in [3.63, 3.8) is 0 Å². The van der Waals surface area contributed by atoms with E-state index in [0.29, 0.717) is 5.69 Å². The minimum Gasteiger partial charge on any atom is -0.361 e. The van der Waals surface area contributed by atoms with Gasteiger partial charge >= 0.3 is 5.76 Å². The summed E-state index contributed by atoms with van der Waals surface area (Å²) in [5.74, 6) is -3.77. The number of sulfone groups is 1. The van der Waals surface area contributed by atoms with Crippen LogP contribution in [-0.4, -0.2) is 25.1 Å². The van der Waals surface area contributed by atoms with Crippen molar-refractivity contribution in [3.05, 3.63) is 60.3 Å². The number of fused-ring (bicyclic) bond motifs is 1. The van der Waals surface area contributed by atoms with Gasteiger partial charge in [-0.1, -0.05) is 18.2 Å². The summed E-state index contributed by atoms with van der Waals surface area (Å²) in [6.07, 6.45) is 1.88. The molecule has 1 amide bonds. The maximum atomic E-state index is 12.5. The molecule has 3 aromatic rings. The Balaban J connectivity index is 1.71. The van der Waals surface area contributed by atoms with Crippen molar-refractivity contribution in [2.75, 3.05) is 5.32 Å². The number of hydrogen-bond donors (Lipinski definition) is 2. The van der Waals surface area contributed by atoms with Crippen LogP contribution in [0, 0.1) is 0 Å². The summed E-state index contributed by atoms with van der Waals surface area (Å²) < 4.78 is 47.7. The monoisotopic (exact) mass is 364 g/mol. The van der Waals surface area contributed by atoms with Gasteiger partial charge in [0.2, 0.25) is 15.7 Å². The Morgan fingerprint density at radius 1 is 1.08 bits per heavy atom. The third-order valence-corrected chi connectivity index (χ3v) is 5.13. The van der Waals surface area contributed by atoms with Gasteiger partial charge in [-0.15, -0.1) is 0 Å². The third-order valence-electron chi connectivity index (χ3n) is 3.73. The molecule has 130 valence electrons. The lowest BCUT2D eigenvalue weighted by Gasteiger charge is -2.07. The number of halogens is 2. The van der Waals surface area contributed by atoms with Crippen LogP contribution in [0.2, 0.25) is 0 Å². The van der Waals surface area contributed by atoms with Crippen LogP contribution in [0.4, 0.5) is 14.5 Å². The van der Waals surface area contributed by atoms with E-state index in [4.69, 9.17) is 0 Å². The zero-order valence-corrected chi connectivity index (χ0v) is 13.7. The third kappa shape index (κ3) is 3.53. The molecule has 0 aliphatic heterocycles. The molecule has 0 atom stereocenters. The standard InChI is InChI=1S/C17H14F2N2O3S/c18-17(19)25(23,24)13-7-5-12(6-8-13)21-16(22)9-11-10-20-15-4-2-1-3-14(11)15/h1-8,10,17,20H,9H2,(H,21,22). The molecule has 2 N–H and O–H groups in total. The van der Waals surface area contributed by atoms with E-state index in [0.717, 1.165) is 28.6 Å². The lowest BCUT2D eigenvalue weighted by Crippen LogP contribution is -2.15. The number of rotatable bonds is 5. The average molecular weight is 364 g/mol. The lowest BCUT2D eigenvalue weighted by atomic mass is 10.1.